The molecule has 0 radical (unpaired) electrons. The van der Waals surface area contributed by atoms with Crippen molar-refractivity contribution in [3.05, 3.63) is 0 Å². The molecule has 8 heteroatoms. The maximum absolute atomic E-state index is 10.4. The van der Waals surface area contributed by atoms with Crippen LogP contribution < -0.4 is 0 Å². The number of hydrogen-bond donors (Lipinski definition) is 5. The van der Waals surface area contributed by atoms with Gasteiger partial charge in [0.15, 0.2) is 12.2 Å². The Balaban J connectivity index is 4.45. The summed E-state index contributed by atoms with van der Waals surface area (Å²) < 4.78 is -1.03. The molecule has 0 spiro atoms. The van der Waals surface area contributed by atoms with E-state index in [2.05, 4.69) is 15.9 Å². The van der Waals surface area contributed by atoms with Crippen molar-refractivity contribution in [2.24, 2.45) is 0 Å². The highest BCUT2D eigenvalue weighted by atomic mass is 79.9. The van der Waals surface area contributed by atoms with E-state index >= 15 is 0 Å². The lowest BCUT2D eigenvalue weighted by atomic mass is 10.0. The second-order valence-electron chi connectivity index (χ2n) is 2.51. The first-order valence-electron chi connectivity index (χ1n) is 3.43. The molecule has 0 saturated carbocycles. The molecule has 4 atom stereocenters. The molecule has 0 aliphatic rings. The Bertz CT molecular complexity index is 206. The Morgan fingerprint density at radius 2 is 1.29 bits per heavy atom. The lowest BCUT2D eigenvalue weighted by Crippen LogP contribution is -2.49. The standard InChI is InChI=1S/C6H9BrO7/c7-5(12)3(10)1(8)2(9)4(11)6(13)14/h1-4,8-11H,(H,13,14). The average Bonchev–Trinajstić information content (AvgIpc) is 2.12. The SMILES string of the molecule is O=C(O)C(O)C(O)C(O)C(O)C(=O)Br. The van der Waals surface area contributed by atoms with Crippen molar-refractivity contribution in [3.8, 4) is 0 Å². The fraction of sp³-hybridized carbons (Fsp3) is 0.667. The predicted molar refractivity (Wildman–Crippen MR) is 45.6 cm³/mol. The maximum atomic E-state index is 10.4. The highest BCUT2D eigenvalue weighted by molar-refractivity contribution is 9.18. The third-order valence-electron chi connectivity index (χ3n) is 1.48. The van der Waals surface area contributed by atoms with Gasteiger partial charge >= 0.3 is 5.97 Å². The van der Waals surface area contributed by atoms with Crippen LogP contribution in [-0.2, 0) is 9.59 Å². The van der Waals surface area contributed by atoms with Crippen molar-refractivity contribution in [1.29, 1.82) is 0 Å². The molecule has 0 aliphatic carbocycles. The van der Waals surface area contributed by atoms with Crippen LogP contribution in [0.3, 0.4) is 0 Å². The van der Waals surface area contributed by atoms with E-state index in [1.807, 2.05) is 0 Å². The monoisotopic (exact) mass is 272 g/mol. The van der Waals surface area contributed by atoms with Crippen LogP contribution in [0.1, 0.15) is 0 Å². The van der Waals surface area contributed by atoms with Gasteiger partial charge in [0.05, 0.1) is 0 Å². The first-order valence-corrected chi connectivity index (χ1v) is 4.22. The molecular formula is C6H9BrO7. The van der Waals surface area contributed by atoms with E-state index in [1.165, 1.54) is 0 Å². The second kappa shape index (κ2) is 5.37. The molecule has 0 heterocycles. The van der Waals surface area contributed by atoms with Crippen molar-refractivity contribution in [3.63, 3.8) is 0 Å². The van der Waals surface area contributed by atoms with Crippen LogP contribution in [0.15, 0.2) is 0 Å². The van der Waals surface area contributed by atoms with E-state index in [4.69, 9.17) is 25.5 Å². The van der Waals surface area contributed by atoms with Crippen LogP contribution in [0, 0.1) is 0 Å². The molecule has 0 amide bonds. The summed E-state index contributed by atoms with van der Waals surface area (Å²) in [6.45, 7) is 0. The summed E-state index contributed by atoms with van der Waals surface area (Å²) in [6.07, 6.45) is -8.50. The van der Waals surface area contributed by atoms with Crippen LogP contribution in [-0.4, -0.2) is 60.6 Å². The van der Waals surface area contributed by atoms with Gasteiger partial charge in [-0.2, -0.15) is 0 Å². The summed E-state index contributed by atoms with van der Waals surface area (Å²) >= 11 is 2.31. The zero-order chi connectivity index (χ0) is 11.5. The number of carbonyl (C=O) groups excluding carboxylic acids is 1. The van der Waals surface area contributed by atoms with Crippen molar-refractivity contribution in [2.75, 3.05) is 0 Å². The van der Waals surface area contributed by atoms with Crippen LogP contribution in [0.5, 0.6) is 0 Å². The summed E-state index contributed by atoms with van der Waals surface area (Å²) in [4.78, 5) is 20.6. The zero-order valence-corrected chi connectivity index (χ0v) is 8.33. The number of aliphatic hydroxyl groups excluding tert-OH is 4. The second-order valence-corrected chi connectivity index (χ2v) is 3.29. The number of halogens is 1. The van der Waals surface area contributed by atoms with E-state index in [-0.39, 0.29) is 0 Å². The smallest absolute Gasteiger partial charge is 0.335 e. The van der Waals surface area contributed by atoms with Gasteiger partial charge in [0.2, 0.25) is 4.69 Å². The van der Waals surface area contributed by atoms with E-state index in [9.17, 15) is 9.59 Å². The molecule has 4 unspecified atom stereocenters. The molecule has 0 aromatic rings. The Kier molecular flexibility index (Phi) is 5.16. The molecule has 5 N–H and O–H groups in total. The molecule has 0 aliphatic heterocycles. The van der Waals surface area contributed by atoms with E-state index in [0.717, 1.165) is 0 Å². The summed E-state index contributed by atoms with van der Waals surface area (Å²) in [5.41, 5.74) is 0. The number of aliphatic hydroxyl groups is 4. The average molecular weight is 273 g/mol. The highest BCUT2D eigenvalue weighted by Gasteiger charge is 2.36. The summed E-state index contributed by atoms with van der Waals surface area (Å²) in [7, 11) is 0. The molecule has 0 fully saturated rings. The van der Waals surface area contributed by atoms with Gasteiger partial charge in [-0.3, -0.25) is 4.79 Å². The van der Waals surface area contributed by atoms with Gasteiger partial charge in [0.1, 0.15) is 12.2 Å². The van der Waals surface area contributed by atoms with Crippen LogP contribution in [0.2, 0.25) is 0 Å². The Labute approximate surface area is 86.7 Å². The third kappa shape index (κ3) is 3.31. The molecule has 0 aromatic carbocycles. The molecule has 0 saturated heterocycles. The quantitative estimate of drug-likeness (QED) is 0.347. The van der Waals surface area contributed by atoms with E-state index in [1.54, 1.807) is 0 Å². The number of rotatable bonds is 5. The van der Waals surface area contributed by atoms with Gasteiger partial charge in [-0.25, -0.2) is 4.79 Å². The van der Waals surface area contributed by atoms with Crippen LogP contribution in [0.4, 0.5) is 0 Å². The Hall–Kier alpha value is -0.540. The maximum Gasteiger partial charge on any atom is 0.335 e. The Morgan fingerprint density at radius 1 is 0.929 bits per heavy atom. The minimum atomic E-state index is -2.27. The largest absolute Gasteiger partial charge is 0.479 e. The summed E-state index contributed by atoms with van der Waals surface area (Å²) in [5, 5.41) is 43.8. The zero-order valence-electron chi connectivity index (χ0n) is 6.74. The van der Waals surface area contributed by atoms with Gasteiger partial charge in [-0.1, -0.05) is 0 Å². The van der Waals surface area contributed by atoms with Gasteiger partial charge in [0.25, 0.3) is 0 Å². The molecule has 0 rings (SSSR count). The van der Waals surface area contributed by atoms with Gasteiger partial charge in [-0.05, 0) is 15.9 Å². The molecule has 14 heavy (non-hydrogen) atoms. The lowest BCUT2D eigenvalue weighted by Gasteiger charge is -2.22. The van der Waals surface area contributed by atoms with Crippen molar-refractivity contribution in [1.82, 2.24) is 0 Å². The molecule has 82 valence electrons. The topological polar surface area (TPSA) is 135 Å². The lowest BCUT2D eigenvalue weighted by molar-refractivity contribution is -0.164. The fourth-order valence-corrected chi connectivity index (χ4v) is 0.925. The number of aliphatic carboxylic acids is 1. The normalized spacial score (nSPS) is 19.5. The fourth-order valence-electron chi connectivity index (χ4n) is 0.654. The molecular weight excluding hydrogens is 264 g/mol. The van der Waals surface area contributed by atoms with E-state index in [0.29, 0.717) is 0 Å². The van der Waals surface area contributed by atoms with Crippen molar-refractivity contribution in [2.45, 2.75) is 24.4 Å². The summed E-state index contributed by atoms with van der Waals surface area (Å²) in [6, 6.07) is 0. The highest BCUT2D eigenvalue weighted by Crippen LogP contribution is 2.08. The number of carbonyl (C=O) groups is 2. The molecule has 0 aromatic heterocycles. The minimum absolute atomic E-state index is 1.03. The number of carboxylic acid groups (broad SMARTS) is 1. The van der Waals surface area contributed by atoms with Crippen molar-refractivity contribution < 1.29 is 35.1 Å². The van der Waals surface area contributed by atoms with E-state index < -0.39 is 35.1 Å². The van der Waals surface area contributed by atoms with Crippen LogP contribution in [0.25, 0.3) is 0 Å². The predicted octanol–water partition coefficient (Wildman–Crippen LogP) is -2.56. The number of hydrogen-bond acceptors (Lipinski definition) is 6. The molecule has 0 bridgehead atoms. The van der Waals surface area contributed by atoms with Gasteiger partial charge in [-0.15, -0.1) is 0 Å². The minimum Gasteiger partial charge on any atom is -0.479 e. The van der Waals surface area contributed by atoms with Crippen molar-refractivity contribution >= 4 is 26.6 Å². The van der Waals surface area contributed by atoms with Gasteiger partial charge in [0, 0.05) is 0 Å². The summed E-state index contributed by atoms with van der Waals surface area (Å²) in [5.74, 6) is -1.77. The Morgan fingerprint density at radius 3 is 1.57 bits per heavy atom. The first-order chi connectivity index (χ1) is 6.29. The third-order valence-corrected chi connectivity index (χ3v) is 1.95. The number of carboxylic acids is 1. The first kappa shape index (κ1) is 13.5. The van der Waals surface area contributed by atoms with Crippen LogP contribution >= 0.6 is 15.9 Å². The molecule has 7 nitrogen and oxygen atoms in total. The van der Waals surface area contributed by atoms with Gasteiger partial charge < -0.3 is 25.5 Å².